The molecule has 1 aromatic carbocycles. The van der Waals surface area contributed by atoms with Crippen LogP contribution in [0.15, 0.2) is 24.3 Å². The molecule has 5 atom stereocenters. The van der Waals surface area contributed by atoms with Crippen LogP contribution < -0.4 is 27.4 Å². The van der Waals surface area contributed by atoms with Crippen LogP contribution in [0.3, 0.4) is 0 Å². The summed E-state index contributed by atoms with van der Waals surface area (Å²) in [5.41, 5.74) is 11.2. The Bertz CT molecular complexity index is 1010. The Hall–Kier alpha value is -4.24. The first-order valence-electron chi connectivity index (χ1n) is 11.6. The van der Waals surface area contributed by atoms with Crippen molar-refractivity contribution in [3.63, 3.8) is 0 Å². The lowest BCUT2D eigenvalue weighted by Crippen LogP contribution is -2.58. The Labute approximate surface area is 217 Å². The van der Waals surface area contributed by atoms with Crippen molar-refractivity contribution in [2.75, 3.05) is 0 Å². The molecule has 15 nitrogen and oxygen atoms in total. The van der Waals surface area contributed by atoms with Crippen molar-refractivity contribution in [1.29, 1.82) is 0 Å². The van der Waals surface area contributed by atoms with E-state index >= 15 is 0 Å². The molecule has 15 heteroatoms. The molecule has 5 unspecified atom stereocenters. The molecule has 0 bridgehead atoms. The smallest absolute Gasteiger partial charge is 0.326 e. The number of carboxylic acid groups (broad SMARTS) is 2. The van der Waals surface area contributed by atoms with Crippen molar-refractivity contribution >= 4 is 35.6 Å². The third-order valence-corrected chi connectivity index (χ3v) is 5.41. The van der Waals surface area contributed by atoms with Crippen LogP contribution in [0.5, 0.6) is 5.75 Å². The number of phenolic OH excluding ortho intramolecular Hbond substituents is 1. The highest BCUT2D eigenvalue weighted by Crippen LogP contribution is 2.12. The van der Waals surface area contributed by atoms with Crippen LogP contribution in [-0.4, -0.2) is 86.3 Å². The Kier molecular flexibility index (Phi) is 12.6. The number of nitrogens with one attached hydrogen (secondary N) is 3. The monoisotopic (exact) mass is 539 g/mol. The van der Waals surface area contributed by atoms with Gasteiger partial charge in [0.05, 0.1) is 6.10 Å². The number of aliphatic hydroxyl groups is 1. The molecular formula is C23H33N5O10. The van der Waals surface area contributed by atoms with Crippen molar-refractivity contribution in [3.05, 3.63) is 29.8 Å². The first-order valence-corrected chi connectivity index (χ1v) is 11.6. The summed E-state index contributed by atoms with van der Waals surface area (Å²) >= 11 is 0. The van der Waals surface area contributed by atoms with Crippen LogP contribution in [0.2, 0.25) is 0 Å². The van der Waals surface area contributed by atoms with Gasteiger partial charge >= 0.3 is 11.9 Å². The number of aliphatic carboxylic acids is 2. The molecule has 0 radical (unpaired) electrons. The molecule has 11 N–H and O–H groups in total. The number of phenols is 1. The number of rotatable bonds is 16. The maximum absolute atomic E-state index is 13.1. The van der Waals surface area contributed by atoms with Gasteiger partial charge in [0, 0.05) is 19.3 Å². The highest BCUT2D eigenvalue weighted by molar-refractivity contribution is 5.94. The molecule has 0 fully saturated rings. The summed E-state index contributed by atoms with van der Waals surface area (Å²) < 4.78 is 0. The van der Waals surface area contributed by atoms with Gasteiger partial charge in [-0.25, -0.2) is 4.79 Å². The van der Waals surface area contributed by atoms with Gasteiger partial charge in [0.1, 0.15) is 29.9 Å². The summed E-state index contributed by atoms with van der Waals surface area (Å²) in [6, 6.07) is -0.246. The Morgan fingerprint density at radius 1 is 0.816 bits per heavy atom. The third kappa shape index (κ3) is 11.2. The van der Waals surface area contributed by atoms with E-state index in [1.807, 2.05) is 0 Å². The summed E-state index contributed by atoms with van der Waals surface area (Å²) in [5.74, 6) is -6.43. The second kappa shape index (κ2) is 15.1. The first-order chi connectivity index (χ1) is 17.7. The highest BCUT2D eigenvalue weighted by Gasteiger charge is 2.31. The molecule has 210 valence electrons. The standard InChI is InChI=1S/C23H33N5O10/c1-11(29)19(25)22(36)26-14(6-8-17(24)31)20(34)28-16(10-12-2-4-13(30)5-3-12)21(35)27-15(23(37)38)7-9-18(32)33/h2-5,11,14-16,19,29-30H,6-10,25H2,1H3,(H2,24,31)(H,26,36)(H,27,35)(H,28,34)(H,32,33)(H,37,38). The van der Waals surface area contributed by atoms with Crippen LogP contribution in [0.1, 0.15) is 38.2 Å². The molecule has 0 spiro atoms. The molecular weight excluding hydrogens is 506 g/mol. The van der Waals surface area contributed by atoms with Crippen molar-refractivity contribution in [2.24, 2.45) is 11.5 Å². The lowest BCUT2D eigenvalue weighted by atomic mass is 10.0. The average molecular weight is 540 g/mol. The van der Waals surface area contributed by atoms with Crippen LogP contribution in [0, 0.1) is 0 Å². The molecule has 0 aliphatic rings. The zero-order valence-corrected chi connectivity index (χ0v) is 20.6. The van der Waals surface area contributed by atoms with Crippen LogP contribution in [-0.2, 0) is 35.2 Å². The molecule has 0 aliphatic heterocycles. The van der Waals surface area contributed by atoms with Crippen molar-refractivity contribution in [1.82, 2.24) is 16.0 Å². The maximum atomic E-state index is 13.1. The maximum Gasteiger partial charge on any atom is 0.326 e. The van der Waals surface area contributed by atoms with E-state index in [0.29, 0.717) is 5.56 Å². The van der Waals surface area contributed by atoms with Gasteiger partial charge in [-0.15, -0.1) is 0 Å². The number of carbonyl (C=O) groups excluding carboxylic acids is 4. The number of carboxylic acids is 2. The Morgan fingerprint density at radius 3 is 1.82 bits per heavy atom. The predicted octanol–water partition coefficient (Wildman–Crippen LogP) is -2.69. The topological polar surface area (TPSA) is 271 Å². The number of amides is 4. The fraction of sp³-hybridized carbons (Fsp3) is 0.478. The van der Waals surface area contributed by atoms with Crippen LogP contribution >= 0.6 is 0 Å². The number of carbonyl (C=O) groups is 6. The van der Waals surface area contributed by atoms with Gasteiger partial charge < -0.3 is 47.8 Å². The first kappa shape index (κ1) is 31.8. The molecule has 0 aliphatic carbocycles. The minimum Gasteiger partial charge on any atom is -0.508 e. The fourth-order valence-corrected chi connectivity index (χ4v) is 3.19. The number of aliphatic hydroxyl groups excluding tert-OH is 1. The van der Waals surface area contributed by atoms with Gasteiger partial charge in [-0.2, -0.15) is 0 Å². The number of hydrogen-bond acceptors (Lipinski definition) is 9. The highest BCUT2D eigenvalue weighted by atomic mass is 16.4. The summed E-state index contributed by atoms with van der Waals surface area (Å²) in [4.78, 5) is 72.1. The largest absolute Gasteiger partial charge is 0.508 e. The van der Waals surface area contributed by atoms with E-state index < -0.39 is 78.7 Å². The summed E-state index contributed by atoms with van der Waals surface area (Å²) in [6.07, 6.45) is -3.02. The molecule has 0 saturated heterocycles. The van der Waals surface area contributed by atoms with Gasteiger partial charge in [-0.3, -0.25) is 24.0 Å². The van der Waals surface area contributed by atoms with E-state index in [1.54, 1.807) is 0 Å². The second-order valence-electron chi connectivity index (χ2n) is 8.60. The predicted molar refractivity (Wildman–Crippen MR) is 130 cm³/mol. The molecule has 4 amide bonds. The summed E-state index contributed by atoms with van der Waals surface area (Å²) in [6.45, 7) is 1.25. The molecule has 1 rings (SSSR count). The Morgan fingerprint density at radius 2 is 1.32 bits per heavy atom. The number of aromatic hydroxyl groups is 1. The average Bonchev–Trinajstić information content (AvgIpc) is 2.83. The minimum atomic E-state index is -1.58. The van der Waals surface area contributed by atoms with E-state index in [2.05, 4.69) is 16.0 Å². The van der Waals surface area contributed by atoms with Crippen LogP contribution in [0.4, 0.5) is 0 Å². The fourth-order valence-electron chi connectivity index (χ4n) is 3.19. The van der Waals surface area contributed by atoms with Gasteiger partial charge in [0.2, 0.25) is 23.6 Å². The van der Waals surface area contributed by atoms with E-state index in [-0.39, 0.29) is 25.0 Å². The SMILES string of the molecule is CC(O)C(N)C(=O)NC(CCC(N)=O)C(=O)NC(Cc1ccc(O)cc1)C(=O)NC(CCC(=O)O)C(=O)O. The van der Waals surface area contributed by atoms with Crippen molar-refractivity contribution in [2.45, 2.75) is 69.3 Å². The molecule has 0 heterocycles. The van der Waals surface area contributed by atoms with Gasteiger partial charge in [0.15, 0.2) is 0 Å². The van der Waals surface area contributed by atoms with Gasteiger partial charge in [-0.1, -0.05) is 12.1 Å². The lowest BCUT2D eigenvalue weighted by Gasteiger charge is -2.25. The quantitative estimate of drug-likeness (QED) is 0.104. The molecule has 38 heavy (non-hydrogen) atoms. The normalized spacial score (nSPS) is 14.7. The lowest BCUT2D eigenvalue weighted by molar-refractivity contribution is -0.143. The van der Waals surface area contributed by atoms with E-state index in [9.17, 15) is 44.1 Å². The van der Waals surface area contributed by atoms with E-state index in [1.165, 1.54) is 31.2 Å². The van der Waals surface area contributed by atoms with Crippen LogP contribution in [0.25, 0.3) is 0 Å². The third-order valence-electron chi connectivity index (χ3n) is 5.41. The Balaban J connectivity index is 3.19. The summed E-state index contributed by atoms with van der Waals surface area (Å²) in [5, 5.41) is 44.2. The van der Waals surface area contributed by atoms with Gasteiger partial charge in [0.25, 0.3) is 0 Å². The number of primary amides is 1. The number of benzene rings is 1. The molecule has 0 saturated carbocycles. The number of nitrogens with two attached hydrogens (primary N) is 2. The summed E-state index contributed by atoms with van der Waals surface area (Å²) in [7, 11) is 0. The van der Waals surface area contributed by atoms with E-state index in [4.69, 9.17) is 16.6 Å². The van der Waals surface area contributed by atoms with E-state index in [0.717, 1.165) is 0 Å². The molecule has 1 aromatic rings. The zero-order valence-electron chi connectivity index (χ0n) is 20.6. The van der Waals surface area contributed by atoms with Crippen molar-refractivity contribution in [3.8, 4) is 5.75 Å². The molecule has 0 aromatic heterocycles. The minimum absolute atomic E-state index is 0.0675. The van der Waals surface area contributed by atoms with Gasteiger partial charge in [-0.05, 0) is 37.5 Å². The second-order valence-corrected chi connectivity index (χ2v) is 8.60. The zero-order chi connectivity index (χ0) is 29.0. The number of hydrogen-bond donors (Lipinski definition) is 9. The van der Waals surface area contributed by atoms with Crippen molar-refractivity contribution < 1.29 is 49.2 Å².